The van der Waals surface area contributed by atoms with E-state index < -0.39 is 26.6 Å². The minimum Gasteiger partial charge on any atom is -0.381 e. The van der Waals surface area contributed by atoms with Crippen LogP contribution in [-0.2, 0) is 16.6 Å². The molecule has 3 aromatic rings. The number of nitrogens with one attached hydrogen (secondary N) is 2. The van der Waals surface area contributed by atoms with Crippen LogP contribution in [0.15, 0.2) is 46.1 Å². The second kappa shape index (κ2) is 9.08. The van der Waals surface area contributed by atoms with Gasteiger partial charge in [0.1, 0.15) is 11.6 Å². The van der Waals surface area contributed by atoms with E-state index in [1.54, 1.807) is 6.07 Å². The number of benzene rings is 2. The summed E-state index contributed by atoms with van der Waals surface area (Å²) in [5.74, 6) is -2.63. The van der Waals surface area contributed by atoms with Crippen molar-refractivity contribution in [2.75, 3.05) is 23.1 Å². The number of anilines is 2. The Kier molecular flexibility index (Phi) is 6.40. The van der Waals surface area contributed by atoms with Crippen LogP contribution in [0.5, 0.6) is 0 Å². The number of halogens is 3. The van der Waals surface area contributed by atoms with Crippen molar-refractivity contribution in [1.82, 2.24) is 9.88 Å². The lowest BCUT2D eigenvalue weighted by molar-refractivity contribution is 0.328. The lowest BCUT2D eigenvalue weighted by Crippen LogP contribution is -2.26. The van der Waals surface area contributed by atoms with Gasteiger partial charge in [-0.1, -0.05) is 12.1 Å². The van der Waals surface area contributed by atoms with Crippen molar-refractivity contribution in [1.29, 1.82) is 0 Å². The minimum atomic E-state index is -4.48. The third-order valence-electron chi connectivity index (χ3n) is 5.29. The molecule has 0 radical (unpaired) electrons. The summed E-state index contributed by atoms with van der Waals surface area (Å²) in [7, 11) is -4.48. The molecule has 1 aromatic heterocycles. The average molecular weight is 483 g/mol. The van der Waals surface area contributed by atoms with Crippen LogP contribution in [0.2, 0.25) is 0 Å². The second-order valence-electron chi connectivity index (χ2n) is 7.65. The van der Waals surface area contributed by atoms with E-state index in [-0.39, 0.29) is 28.9 Å². The molecule has 32 heavy (non-hydrogen) atoms. The maximum Gasteiger partial charge on any atom is 0.268 e. The van der Waals surface area contributed by atoms with E-state index in [4.69, 9.17) is 0 Å². The first-order valence-electron chi connectivity index (χ1n) is 9.86. The molecule has 0 bridgehead atoms. The number of nitrogens with zero attached hydrogens (tertiary/aromatic N) is 2. The van der Waals surface area contributed by atoms with Crippen LogP contribution >= 0.6 is 11.3 Å². The fraction of sp³-hybridized carbons (Fsp3) is 0.286. The van der Waals surface area contributed by atoms with Gasteiger partial charge < -0.3 is 5.32 Å². The summed E-state index contributed by atoms with van der Waals surface area (Å²) in [6.45, 7) is 3.31. The van der Waals surface area contributed by atoms with Crippen molar-refractivity contribution in [2.45, 2.75) is 30.8 Å². The fourth-order valence-electron chi connectivity index (χ4n) is 3.75. The maximum absolute atomic E-state index is 15.0. The quantitative estimate of drug-likeness (QED) is 0.524. The highest BCUT2D eigenvalue weighted by Crippen LogP contribution is 2.30. The van der Waals surface area contributed by atoms with Crippen LogP contribution in [0, 0.1) is 24.4 Å². The third kappa shape index (κ3) is 4.89. The Morgan fingerprint density at radius 1 is 1.25 bits per heavy atom. The molecule has 2 N–H and O–H groups in total. The van der Waals surface area contributed by atoms with Crippen molar-refractivity contribution in [3.05, 3.63) is 69.8 Å². The number of rotatable bonds is 7. The van der Waals surface area contributed by atoms with Gasteiger partial charge in [-0.25, -0.2) is 26.6 Å². The van der Waals surface area contributed by atoms with E-state index >= 15 is 0 Å². The van der Waals surface area contributed by atoms with E-state index in [9.17, 15) is 21.6 Å². The smallest absolute Gasteiger partial charge is 0.268 e. The van der Waals surface area contributed by atoms with Crippen LogP contribution in [-0.4, -0.2) is 37.4 Å². The Morgan fingerprint density at radius 2 is 2.06 bits per heavy atom. The molecule has 1 fully saturated rings. The van der Waals surface area contributed by atoms with Crippen molar-refractivity contribution in [3.63, 3.8) is 0 Å². The van der Waals surface area contributed by atoms with Crippen molar-refractivity contribution in [3.8, 4) is 0 Å². The first kappa shape index (κ1) is 22.6. The number of likely N-dealkylation sites (tertiary alicyclic amines) is 1. The summed E-state index contributed by atoms with van der Waals surface area (Å²) in [6, 6.07) is 7.29. The molecule has 0 spiro atoms. The normalized spacial score (nSPS) is 16.9. The molecule has 170 valence electrons. The summed E-state index contributed by atoms with van der Waals surface area (Å²) in [6.07, 6.45) is 0.726. The molecule has 0 amide bonds. The first-order chi connectivity index (χ1) is 15.2. The Labute approximate surface area is 188 Å². The zero-order valence-corrected chi connectivity index (χ0v) is 18.7. The number of thiazole rings is 1. The third-order valence-corrected chi connectivity index (χ3v) is 7.26. The van der Waals surface area contributed by atoms with Gasteiger partial charge in [-0.3, -0.25) is 9.62 Å². The molecule has 0 saturated carbocycles. The van der Waals surface area contributed by atoms with Gasteiger partial charge in [0.15, 0.2) is 16.5 Å². The largest absolute Gasteiger partial charge is 0.381 e. The highest BCUT2D eigenvalue weighted by Gasteiger charge is 2.29. The summed E-state index contributed by atoms with van der Waals surface area (Å²) in [4.78, 5) is 4.86. The molecule has 11 heteroatoms. The molecule has 1 aliphatic heterocycles. The van der Waals surface area contributed by atoms with Crippen LogP contribution in [0.1, 0.15) is 17.5 Å². The van der Waals surface area contributed by atoms with Crippen LogP contribution < -0.4 is 10.0 Å². The summed E-state index contributed by atoms with van der Waals surface area (Å²) in [5, 5.41) is 4.54. The Morgan fingerprint density at radius 3 is 2.78 bits per heavy atom. The number of hydrogen-bond donors (Lipinski definition) is 2. The van der Waals surface area contributed by atoms with Gasteiger partial charge in [0, 0.05) is 42.3 Å². The molecule has 0 unspecified atom stereocenters. The van der Waals surface area contributed by atoms with E-state index in [1.807, 2.05) is 6.07 Å². The van der Waals surface area contributed by atoms with Crippen LogP contribution in [0.25, 0.3) is 0 Å². The highest BCUT2D eigenvalue weighted by atomic mass is 32.2. The molecule has 4 rings (SSSR count). The topological polar surface area (TPSA) is 74.3 Å². The molecule has 2 heterocycles. The lowest BCUT2D eigenvalue weighted by atomic mass is 10.1. The van der Waals surface area contributed by atoms with E-state index in [2.05, 4.69) is 19.9 Å². The van der Waals surface area contributed by atoms with Crippen molar-refractivity contribution in [2.24, 2.45) is 0 Å². The Balaban J connectivity index is 1.48. The number of sulfonamides is 1. The maximum atomic E-state index is 15.0. The predicted molar refractivity (Wildman–Crippen MR) is 118 cm³/mol. The summed E-state index contributed by atoms with van der Waals surface area (Å²) < 4.78 is 70.2. The van der Waals surface area contributed by atoms with Gasteiger partial charge in [0.25, 0.3) is 10.0 Å². The molecule has 0 aliphatic carbocycles. The highest BCUT2D eigenvalue weighted by molar-refractivity contribution is 7.92. The number of aromatic nitrogens is 1. The van der Waals surface area contributed by atoms with Crippen molar-refractivity contribution < 1.29 is 21.6 Å². The first-order valence-corrected chi connectivity index (χ1v) is 12.3. The van der Waals surface area contributed by atoms with Gasteiger partial charge in [0.05, 0.1) is 5.51 Å². The zero-order chi connectivity index (χ0) is 22.9. The predicted octanol–water partition coefficient (Wildman–Crippen LogP) is 4.36. The monoisotopic (exact) mass is 482 g/mol. The Bertz CT molecular complexity index is 1220. The second-order valence-corrected chi connectivity index (χ2v) is 9.99. The van der Waals surface area contributed by atoms with E-state index in [0.717, 1.165) is 35.9 Å². The molecule has 1 aliphatic rings. The van der Waals surface area contributed by atoms with Crippen LogP contribution in [0.3, 0.4) is 0 Å². The Hall–Kier alpha value is -2.63. The summed E-state index contributed by atoms with van der Waals surface area (Å²) >= 11 is 1.15. The minimum absolute atomic E-state index is 0.00185. The van der Waals surface area contributed by atoms with Gasteiger partial charge in [0.2, 0.25) is 0 Å². The van der Waals surface area contributed by atoms with Crippen LogP contribution in [0.4, 0.5) is 24.7 Å². The molecular weight excluding hydrogens is 461 g/mol. The van der Waals surface area contributed by atoms with Gasteiger partial charge >= 0.3 is 0 Å². The van der Waals surface area contributed by atoms with E-state index in [0.29, 0.717) is 13.1 Å². The van der Waals surface area contributed by atoms with E-state index in [1.165, 1.54) is 29.9 Å². The van der Waals surface area contributed by atoms with Gasteiger partial charge in [-0.15, -0.1) is 11.3 Å². The van der Waals surface area contributed by atoms with Gasteiger partial charge in [-0.05, 0) is 37.1 Å². The zero-order valence-electron chi connectivity index (χ0n) is 17.1. The average Bonchev–Trinajstić information content (AvgIpc) is 3.37. The SMILES string of the molecule is Cc1c(N[C@H]2CCN(Cc3cccc(F)c3)C2)cc(F)c(S(=O)(=O)Nc2cscn2)c1F. The standard InChI is InChI=1S/C21H21F3N4O2S2/c1-13-18(26-16-5-6-28(10-16)9-14-3-2-4-15(22)7-14)8-17(23)21(20(13)24)32(29,30)27-19-11-31-12-25-19/h2-4,7-8,11-12,16,26-27H,5-6,9-10H2,1H3/t16-/m0/s1. The fourth-order valence-corrected chi connectivity index (χ4v) is 5.50. The molecule has 2 aromatic carbocycles. The lowest BCUT2D eigenvalue weighted by Gasteiger charge is -2.20. The molecule has 1 atom stereocenters. The number of hydrogen-bond acceptors (Lipinski definition) is 6. The van der Waals surface area contributed by atoms with Gasteiger partial charge in [-0.2, -0.15) is 0 Å². The molecular formula is C21H21F3N4O2S2. The summed E-state index contributed by atoms with van der Waals surface area (Å²) in [5.41, 5.74) is 2.46. The molecule has 6 nitrogen and oxygen atoms in total. The van der Waals surface area contributed by atoms with Crippen molar-refractivity contribution >= 4 is 32.9 Å². The molecule has 1 saturated heterocycles.